The Balaban J connectivity index is 2.89. The molecule has 0 fully saturated rings. The molecule has 0 radical (unpaired) electrons. The minimum Gasteiger partial charge on any atom is -0.497 e. The average molecular weight is 302 g/mol. The van der Waals surface area contributed by atoms with E-state index in [9.17, 15) is 4.79 Å². The monoisotopic (exact) mass is 301 g/mol. The first-order chi connectivity index (χ1) is 9.65. The van der Waals surface area contributed by atoms with Gasteiger partial charge in [-0.15, -0.1) is 11.6 Å². The van der Waals surface area contributed by atoms with Crippen molar-refractivity contribution in [1.82, 2.24) is 4.90 Å². The molecule has 0 saturated heterocycles. The highest BCUT2D eigenvalue weighted by Crippen LogP contribution is 2.25. The van der Waals surface area contributed by atoms with Crippen LogP contribution >= 0.6 is 11.6 Å². The quantitative estimate of drug-likeness (QED) is 0.688. The zero-order chi connectivity index (χ0) is 15.0. The highest BCUT2D eigenvalue weighted by Gasteiger charge is 2.15. The van der Waals surface area contributed by atoms with Gasteiger partial charge in [0, 0.05) is 31.8 Å². The molecule has 0 bridgehead atoms. The number of benzene rings is 1. The van der Waals surface area contributed by atoms with Crippen molar-refractivity contribution in [2.45, 2.75) is 6.54 Å². The Kier molecular flexibility index (Phi) is 7.18. The van der Waals surface area contributed by atoms with Crippen LogP contribution in [-0.4, -0.2) is 51.2 Å². The summed E-state index contributed by atoms with van der Waals surface area (Å²) < 4.78 is 15.5. The summed E-state index contributed by atoms with van der Waals surface area (Å²) in [6.07, 6.45) is 0. The summed E-state index contributed by atoms with van der Waals surface area (Å²) in [5.74, 6) is 1.19. The van der Waals surface area contributed by atoms with E-state index in [2.05, 4.69) is 0 Å². The van der Waals surface area contributed by atoms with Crippen molar-refractivity contribution >= 4 is 17.5 Å². The van der Waals surface area contributed by atoms with Gasteiger partial charge in [0.2, 0.25) is 5.91 Å². The number of hydrogen-bond acceptors (Lipinski definition) is 4. The van der Waals surface area contributed by atoms with E-state index in [0.29, 0.717) is 31.2 Å². The molecule has 0 unspecified atom stereocenters. The lowest BCUT2D eigenvalue weighted by Gasteiger charge is -2.22. The van der Waals surface area contributed by atoms with Crippen LogP contribution in [0, 0.1) is 0 Å². The molecule has 0 atom stereocenters. The Bertz CT molecular complexity index is 439. The molecule has 1 rings (SSSR count). The van der Waals surface area contributed by atoms with Gasteiger partial charge in [0.05, 0.1) is 20.8 Å². The molecule has 0 aliphatic rings. The Morgan fingerprint density at radius 3 is 2.55 bits per heavy atom. The van der Waals surface area contributed by atoms with Gasteiger partial charge in [0.15, 0.2) is 0 Å². The fraction of sp³-hybridized carbons (Fsp3) is 0.500. The van der Waals surface area contributed by atoms with Crippen molar-refractivity contribution in [3.63, 3.8) is 0 Å². The number of amides is 1. The maximum absolute atomic E-state index is 11.8. The van der Waals surface area contributed by atoms with E-state index in [1.807, 2.05) is 12.1 Å². The topological polar surface area (TPSA) is 48.0 Å². The third kappa shape index (κ3) is 4.58. The molecule has 0 N–H and O–H groups in total. The zero-order valence-corrected chi connectivity index (χ0v) is 12.8. The van der Waals surface area contributed by atoms with Gasteiger partial charge in [0.1, 0.15) is 17.4 Å². The van der Waals surface area contributed by atoms with E-state index in [0.717, 1.165) is 5.56 Å². The lowest BCUT2D eigenvalue weighted by molar-refractivity contribution is -0.129. The number of alkyl halides is 1. The molecule has 6 heteroatoms. The van der Waals surface area contributed by atoms with E-state index < -0.39 is 0 Å². The van der Waals surface area contributed by atoms with Crippen LogP contribution in [0.3, 0.4) is 0 Å². The van der Waals surface area contributed by atoms with Gasteiger partial charge < -0.3 is 19.1 Å². The molecule has 112 valence electrons. The van der Waals surface area contributed by atoms with Crippen molar-refractivity contribution in [1.29, 1.82) is 0 Å². The Morgan fingerprint density at radius 1 is 1.25 bits per heavy atom. The van der Waals surface area contributed by atoms with Gasteiger partial charge in [-0.05, 0) is 12.1 Å². The van der Waals surface area contributed by atoms with Crippen molar-refractivity contribution < 1.29 is 19.0 Å². The summed E-state index contributed by atoms with van der Waals surface area (Å²) in [7, 11) is 4.77. The summed E-state index contributed by atoms with van der Waals surface area (Å²) in [5, 5.41) is 0. The highest BCUT2D eigenvalue weighted by atomic mass is 35.5. The molecular weight excluding hydrogens is 282 g/mol. The van der Waals surface area contributed by atoms with Crippen LogP contribution in [0.5, 0.6) is 11.5 Å². The number of halogens is 1. The van der Waals surface area contributed by atoms with E-state index >= 15 is 0 Å². The van der Waals surface area contributed by atoms with E-state index in [1.165, 1.54) is 0 Å². The standard InChI is InChI=1S/C14H20ClNO4/c1-18-7-6-16(14(17)9-15)10-11-4-5-12(19-2)8-13(11)20-3/h4-5,8H,6-7,9-10H2,1-3H3. The number of rotatable bonds is 8. The fourth-order valence-corrected chi connectivity index (χ4v) is 1.94. The SMILES string of the molecule is COCCN(Cc1ccc(OC)cc1OC)C(=O)CCl. The normalized spacial score (nSPS) is 10.2. The first kappa shape index (κ1) is 16.6. The van der Waals surface area contributed by atoms with Gasteiger partial charge in [-0.3, -0.25) is 4.79 Å². The summed E-state index contributed by atoms with van der Waals surface area (Å²) in [5.41, 5.74) is 0.892. The van der Waals surface area contributed by atoms with Crippen LogP contribution in [0.1, 0.15) is 5.56 Å². The molecule has 0 heterocycles. The third-order valence-corrected chi connectivity index (χ3v) is 3.12. The van der Waals surface area contributed by atoms with Gasteiger partial charge in [-0.1, -0.05) is 0 Å². The summed E-state index contributed by atoms with van der Waals surface area (Å²) in [6.45, 7) is 1.36. The Morgan fingerprint density at radius 2 is 2.00 bits per heavy atom. The highest BCUT2D eigenvalue weighted by molar-refractivity contribution is 6.27. The molecule has 0 aromatic heterocycles. The molecule has 20 heavy (non-hydrogen) atoms. The maximum Gasteiger partial charge on any atom is 0.237 e. The zero-order valence-electron chi connectivity index (χ0n) is 12.0. The van der Waals surface area contributed by atoms with E-state index in [4.69, 9.17) is 25.8 Å². The Hall–Kier alpha value is -1.46. The number of nitrogens with zero attached hydrogens (tertiary/aromatic N) is 1. The maximum atomic E-state index is 11.8. The van der Waals surface area contributed by atoms with Gasteiger partial charge >= 0.3 is 0 Å². The van der Waals surface area contributed by atoms with Crippen LogP contribution in [0.25, 0.3) is 0 Å². The van der Waals surface area contributed by atoms with Gasteiger partial charge in [-0.25, -0.2) is 0 Å². The number of carbonyl (C=O) groups is 1. The molecule has 1 aromatic rings. The minimum absolute atomic E-state index is 0.0534. The van der Waals surface area contributed by atoms with Crippen molar-refractivity contribution in [2.75, 3.05) is 40.4 Å². The lowest BCUT2D eigenvalue weighted by Crippen LogP contribution is -2.34. The summed E-state index contributed by atoms with van der Waals surface area (Å²) >= 11 is 5.63. The van der Waals surface area contributed by atoms with Crippen molar-refractivity contribution in [2.24, 2.45) is 0 Å². The molecule has 0 saturated carbocycles. The lowest BCUT2D eigenvalue weighted by atomic mass is 10.1. The predicted octanol–water partition coefficient (Wildman–Crippen LogP) is 1.92. The average Bonchev–Trinajstić information content (AvgIpc) is 2.50. The third-order valence-electron chi connectivity index (χ3n) is 2.89. The first-order valence-electron chi connectivity index (χ1n) is 6.19. The number of carbonyl (C=O) groups excluding carboxylic acids is 1. The molecule has 1 amide bonds. The van der Waals surface area contributed by atoms with E-state index in [1.54, 1.807) is 32.3 Å². The molecule has 0 spiro atoms. The molecule has 0 aliphatic heterocycles. The van der Waals surface area contributed by atoms with Crippen LogP contribution in [0.2, 0.25) is 0 Å². The number of hydrogen-bond donors (Lipinski definition) is 0. The molecule has 1 aromatic carbocycles. The summed E-state index contributed by atoms with van der Waals surface area (Å²) in [6, 6.07) is 5.49. The second-order valence-electron chi connectivity index (χ2n) is 4.12. The van der Waals surface area contributed by atoms with E-state index in [-0.39, 0.29) is 11.8 Å². The number of methoxy groups -OCH3 is 3. The second kappa shape index (κ2) is 8.66. The first-order valence-corrected chi connectivity index (χ1v) is 6.73. The van der Waals surface area contributed by atoms with Crippen LogP contribution < -0.4 is 9.47 Å². The fourth-order valence-electron chi connectivity index (χ4n) is 1.77. The van der Waals surface area contributed by atoms with Crippen LogP contribution in [0.15, 0.2) is 18.2 Å². The van der Waals surface area contributed by atoms with Crippen molar-refractivity contribution in [3.05, 3.63) is 23.8 Å². The van der Waals surface area contributed by atoms with Crippen LogP contribution in [0.4, 0.5) is 0 Å². The second-order valence-corrected chi connectivity index (χ2v) is 4.39. The van der Waals surface area contributed by atoms with Crippen molar-refractivity contribution in [3.8, 4) is 11.5 Å². The largest absolute Gasteiger partial charge is 0.497 e. The molecule has 0 aliphatic carbocycles. The molecule has 5 nitrogen and oxygen atoms in total. The predicted molar refractivity (Wildman–Crippen MR) is 77.6 cm³/mol. The summed E-state index contributed by atoms with van der Waals surface area (Å²) in [4.78, 5) is 13.5. The Labute approximate surface area is 124 Å². The van der Waals surface area contributed by atoms with Gasteiger partial charge in [0.25, 0.3) is 0 Å². The minimum atomic E-state index is -0.137. The smallest absolute Gasteiger partial charge is 0.237 e. The molecular formula is C14H20ClNO4. The van der Waals surface area contributed by atoms with Crippen LogP contribution in [-0.2, 0) is 16.1 Å². The van der Waals surface area contributed by atoms with Gasteiger partial charge in [-0.2, -0.15) is 0 Å². The number of ether oxygens (including phenoxy) is 3.